The van der Waals surface area contributed by atoms with Gasteiger partial charge in [0, 0.05) is 0 Å². The molecule has 2 atom stereocenters. The maximum absolute atomic E-state index is 2.50. The summed E-state index contributed by atoms with van der Waals surface area (Å²) in [5.74, 6) is 1.91. The zero-order valence-electron chi connectivity index (χ0n) is 22.8. The molecule has 2 unspecified atom stereocenters. The minimum absolute atomic E-state index is 0.957. The van der Waals surface area contributed by atoms with E-state index in [1.165, 1.54) is 161 Å². The third kappa shape index (κ3) is 26.1. The van der Waals surface area contributed by atoms with Crippen molar-refractivity contribution in [2.75, 3.05) is 0 Å². The van der Waals surface area contributed by atoms with Crippen molar-refractivity contribution < 1.29 is 0 Å². The molecule has 0 fully saturated rings. The van der Waals surface area contributed by atoms with Gasteiger partial charge >= 0.3 is 0 Å². The van der Waals surface area contributed by atoms with Gasteiger partial charge in [-0.25, -0.2) is 0 Å². The van der Waals surface area contributed by atoms with E-state index in [0.29, 0.717) is 0 Å². The summed E-state index contributed by atoms with van der Waals surface area (Å²) in [6.07, 6.45) is 36.6. The second-order valence-electron chi connectivity index (χ2n) is 11.1. The van der Waals surface area contributed by atoms with E-state index in [0.717, 1.165) is 11.8 Å². The molecule has 0 saturated heterocycles. The molecule has 0 amide bonds. The van der Waals surface area contributed by atoms with Crippen LogP contribution in [0.2, 0.25) is 0 Å². The van der Waals surface area contributed by atoms with Crippen LogP contribution in [-0.4, -0.2) is 0 Å². The van der Waals surface area contributed by atoms with Crippen molar-refractivity contribution >= 4 is 0 Å². The van der Waals surface area contributed by atoms with Crippen molar-refractivity contribution in [3.05, 3.63) is 0 Å². The number of rotatable bonds is 26. The average Bonchev–Trinajstić information content (AvgIpc) is 2.76. The molecule has 31 heavy (non-hydrogen) atoms. The first kappa shape index (κ1) is 31.0. The van der Waals surface area contributed by atoms with Crippen LogP contribution < -0.4 is 0 Å². The van der Waals surface area contributed by atoms with Crippen LogP contribution in [0, 0.1) is 11.8 Å². The first-order valence-electron chi connectivity index (χ1n) is 15.2. The molecule has 0 aromatic heterocycles. The molecule has 0 N–H and O–H groups in total. The molecule has 0 aliphatic rings. The Morgan fingerprint density at radius 1 is 0.290 bits per heavy atom. The van der Waals surface area contributed by atoms with Gasteiger partial charge in [0.25, 0.3) is 0 Å². The topological polar surface area (TPSA) is 0 Å². The Labute approximate surface area is 200 Å². The summed E-state index contributed by atoms with van der Waals surface area (Å²) in [5.41, 5.74) is 0. The predicted molar refractivity (Wildman–Crippen MR) is 145 cm³/mol. The molecule has 0 rings (SSSR count). The minimum Gasteiger partial charge on any atom is -0.0654 e. The Kier molecular flexibility index (Phi) is 26.3. The highest BCUT2D eigenvalue weighted by atomic mass is 14.1. The summed E-state index contributed by atoms with van der Waals surface area (Å²) < 4.78 is 0. The lowest BCUT2D eigenvalue weighted by Gasteiger charge is -2.14. The molecule has 0 saturated carbocycles. The predicted octanol–water partition coefficient (Wildman–Crippen LogP) is 12.1. The van der Waals surface area contributed by atoms with Crippen molar-refractivity contribution in [1.29, 1.82) is 0 Å². The first-order valence-corrected chi connectivity index (χ1v) is 15.2. The fraction of sp³-hybridized carbons (Fsp3) is 1.00. The molecule has 0 heteroatoms. The lowest BCUT2D eigenvalue weighted by atomic mass is 9.92. The van der Waals surface area contributed by atoms with Crippen molar-refractivity contribution in [2.24, 2.45) is 11.8 Å². The van der Waals surface area contributed by atoms with Crippen LogP contribution in [0.25, 0.3) is 0 Å². The van der Waals surface area contributed by atoms with Gasteiger partial charge in [-0.1, -0.05) is 188 Å². The molecule has 0 aromatic rings. The Morgan fingerprint density at radius 3 is 0.806 bits per heavy atom. The third-order valence-corrected chi connectivity index (χ3v) is 7.49. The Morgan fingerprint density at radius 2 is 0.516 bits per heavy atom. The Balaban J connectivity index is 3.27. The smallest absolute Gasteiger partial charge is 0.0443 e. The van der Waals surface area contributed by atoms with Crippen molar-refractivity contribution in [1.82, 2.24) is 0 Å². The molecular weight excluding hydrogens is 372 g/mol. The highest BCUT2D eigenvalue weighted by Gasteiger charge is 2.06. The maximum atomic E-state index is 2.50. The van der Waals surface area contributed by atoms with Crippen molar-refractivity contribution in [2.45, 2.75) is 188 Å². The van der Waals surface area contributed by atoms with Crippen molar-refractivity contribution in [3.63, 3.8) is 0 Å². The van der Waals surface area contributed by atoms with Gasteiger partial charge in [0.05, 0.1) is 0 Å². The van der Waals surface area contributed by atoms with Gasteiger partial charge in [-0.2, -0.15) is 0 Å². The largest absolute Gasteiger partial charge is 0.0654 e. The van der Waals surface area contributed by atoms with E-state index in [2.05, 4.69) is 27.7 Å². The fourth-order valence-corrected chi connectivity index (χ4v) is 5.06. The van der Waals surface area contributed by atoms with Gasteiger partial charge in [-0.15, -0.1) is 0 Å². The molecule has 0 nitrogen and oxygen atoms in total. The van der Waals surface area contributed by atoms with E-state index < -0.39 is 0 Å². The standard InChI is InChI=1S/C31H64/c1-5-7-9-11-13-15-16-17-18-20-22-24-27-31(4)29-25-28-30(3)26-23-21-19-14-12-10-8-6-2/h30-31H,5-29H2,1-4H3. The van der Waals surface area contributed by atoms with Gasteiger partial charge in [-0.05, 0) is 11.8 Å². The minimum atomic E-state index is 0.957. The highest BCUT2D eigenvalue weighted by Crippen LogP contribution is 2.22. The molecule has 0 heterocycles. The molecule has 0 aliphatic carbocycles. The maximum Gasteiger partial charge on any atom is -0.0443 e. The normalized spacial score (nSPS) is 13.5. The van der Waals surface area contributed by atoms with Gasteiger partial charge in [0.15, 0.2) is 0 Å². The summed E-state index contributed by atoms with van der Waals surface area (Å²) in [6, 6.07) is 0. The molecule has 0 aliphatic heterocycles. The zero-order valence-corrected chi connectivity index (χ0v) is 22.8. The zero-order chi connectivity index (χ0) is 22.8. The summed E-state index contributed by atoms with van der Waals surface area (Å²) in [5, 5.41) is 0. The highest BCUT2D eigenvalue weighted by molar-refractivity contribution is 4.59. The van der Waals surface area contributed by atoms with Gasteiger partial charge in [-0.3, -0.25) is 0 Å². The monoisotopic (exact) mass is 437 g/mol. The average molecular weight is 437 g/mol. The van der Waals surface area contributed by atoms with E-state index in [1.54, 1.807) is 0 Å². The van der Waals surface area contributed by atoms with Crippen LogP contribution in [0.1, 0.15) is 188 Å². The van der Waals surface area contributed by atoms with E-state index in [1.807, 2.05) is 0 Å². The van der Waals surface area contributed by atoms with E-state index in [-0.39, 0.29) is 0 Å². The van der Waals surface area contributed by atoms with Crippen LogP contribution in [0.4, 0.5) is 0 Å². The molecule has 188 valence electrons. The van der Waals surface area contributed by atoms with Crippen LogP contribution >= 0.6 is 0 Å². The second kappa shape index (κ2) is 26.3. The quantitative estimate of drug-likeness (QED) is 0.118. The Hall–Kier alpha value is 0. The van der Waals surface area contributed by atoms with Gasteiger partial charge in [0.2, 0.25) is 0 Å². The van der Waals surface area contributed by atoms with Crippen molar-refractivity contribution in [3.8, 4) is 0 Å². The van der Waals surface area contributed by atoms with Crippen LogP contribution in [-0.2, 0) is 0 Å². The summed E-state index contributed by atoms with van der Waals surface area (Å²) in [6.45, 7) is 9.61. The van der Waals surface area contributed by atoms with Crippen LogP contribution in [0.5, 0.6) is 0 Å². The van der Waals surface area contributed by atoms with Crippen LogP contribution in [0.3, 0.4) is 0 Å². The van der Waals surface area contributed by atoms with Gasteiger partial charge in [0.1, 0.15) is 0 Å². The SMILES string of the molecule is CCCCCCCCCCCCCCC(C)CCCC(C)CCCCCCCCCC. The van der Waals surface area contributed by atoms with E-state index in [9.17, 15) is 0 Å². The Bertz CT molecular complexity index is 307. The lowest BCUT2D eigenvalue weighted by molar-refractivity contribution is 0.390. The van der Waals surface area contributed by atoms with Crippen LogP contribution in [0.15, 0.2) is 0 Å². The van der Waals surface area contributed by atoms with E-state index >= 15 is 0 Å². The molecule has 0 bridgehead atoms. The number of unbranched alkanes of at least 4 members (excludes halogenated alkanes) is 18. The summed E-state index contributed by atoms with van der Waals surface area (Å²) in [4.78, 5) is 0. The summed E-state index contributed by atoms with van der Waals surface area (Å²) >= 11 is 0. The number of hydrogen-bond acceptors (Lipinski definition) is 0. The second-order valence-corrected chi connectivity index (χ2v) is 11.1. The number of hydrogen-bond donors (Lipinski definition) is 0. The van der Waals surface area contributed by atoms with E-state index in [4.69, 9.17) is 0 Å². The molecule has 0 aromatic carbocycles. The molecule has 0 radical (unpaired) electrons. The lowest BCUT2D eigenvalue weighted by Crippen LogP contribution is -1.99. The molecule has 0 spiro atoms. The summed E-state index contributed by atoms with van der Waals surface area (Å²) in [7, 11) is 0. The first-order chi connectivity index (χ1) is 15.2. The third-order valence-electron chi connectivity index (χ3n) is 7.49. The van der Waals surface area contributed by atoms with Gasteiger partial charge < -0.3 is 0 Å². The molecular formula is C31H64. The fourth-order valence-electron chi connectivity index (χ4n) is 5.06.